The van der Waals surface area contributed by atoms with E-state index in [4.69, 9.17) is 4.74 Å². The molecule has 0 bridgehead atoms. The van der Waals surface area contributed by atoms with Crippen molar-refractivity contribution >= 4 is 15.9 Å². The highest BCUT2D eigenvalue weighted by Gasteiger charge is 2.12. The third kappa shape index (κ3) is 6.69. The van der Waals surface area contributed by atoms with E-state index in [1.54, 1.807) is 0 Å². The van der Waals surface area contributed by atoms with Crippen molar-refractivity contribution in [2.24, 2.45) is 5.41 Å². The number of hydrogen-bond acceptors (Lipinski definition) is 2. The lowest BCUT2D eigenvalue weighted by molar-refractivity contribution is 0.188. The molecule has 0 aliphatic heterocycles. The Morgan fingerprint density at radius 1 is 1.18 bits per heavy atom. The topological polar surface area (TPSA) is 12.5 Å². The van der Waals surface area contributed by atoms with E-state index in [-0.39, 0.29) is 0 Å². The molecule has 0 radical (unpaired) electrons. The van der Waals surface area contributed by atoms with Gasteiger partial charge in [0.25, 0.3) is 0 Å². The molecule has 0 heterocycles. The van der Waals surface area contributed by atoms with Crippen molar-refractivity contribution in [3.8, 4) is 5.75 Å². The van der Waals surface area contributed by atoms with Crippen LogP contribution in [0.25, 0.3) is 0 Å². The third-order valence-corrected chi connectivity index (χ3v) is 2.83. The molecule has 1 aromatic carbocycles. The summed E-state index contributed by atoms with van der Waals surface area (Å²) in [5.74, 6) is 0.928. The van der Waals surface area contributed by atoms with Gasteiger partial charge in [0.1, 0.15) is 12.4 Å². The van der Waals surface area contributed by atoms with Crippen molar-refractivity contribution in [2.45, 2.75) is 20.8 Å². The Labute approximate surface area is 113 Å². The van der Waals surface area contributed by atoms with Crippen molar-refractivity contribution in [2.75, 3.05) is 26.7 Å². The molecule has 0 saturated carbocycles. The van der Waals surface area contributed by atoms with Gasteiger partial charge in [-0.05, 0) is 36.7 Å². The minimum atomic E-state index is 0.340. The van der Waals surface area contributed by atoms with Crippen LogP contribution >= 0.6 is 15.9 Å². The van der Waals surface area contributed by atoms with Crippen molar-refractivity contribution in [3.63, 3.8) is 0 Å². The Hall–Kier alpha value is -0.540. The van der Waals surface area contributed by atoms with Gasteiger partial charge in [-0.3, -0.25) is 0 Å². The SMILES string of the molecule is CN(CCOc1ccc(Br)cc1)CC(C)(C)C. The first kappa shape index (κ1) is 14.5. The molecule has 2 nitrogen and oxygen atoms in total. The maximum absolute atomic E-state index is 5.68. The summed E-state index contributed by atoms with van der Waals surface area (Å²) in [7, 11) is 2.14. The maximum atomic E-state index is 5.68. The zero-order chi connectivity index (χ0) is 12.9. The summed E-state index contributed by atoms with van der Waals surface area (Å²) >= 11 is 3.41. The minimum absolute atomic E-state index is 0.340. The van der Waals surface area contributed by atoms with E-state index in [0.717, 1.165) is 29.9 Å². The molecule has 0 spiro atoms. The van der Waals surface area contributed by atoms with E-state index >= 15 is 0 Å². The normalized spacial score (nSPS) is 11.9. The summed E-state index contributed by atoms with van der Waals surface area (Å²) < 4.78 is 6.76. The molecule has 0 saturated heterocycles. The summed E-state index contributed by atoms with van der Waals surface area (Å²) in [6, 6.07) is 7.95. The zero-order valence-corrected chi connectivity index (χ0v) is 12.8. The predicted octanol–water partition coefficient (Wildman–Crippen LogP) is 3.81. The van der Waals surface area contributed by atoms with Crippen molar-refractivity contribution < 1.29 is 4.74 Å². The largest absolute Gasteiger partial charge is 0.492 e. The van der Waals surface area contributed by atoms with Crippen LogP contribution in [0, 0.1) is 5.41 Å². The number of nitrogens with zero attached hydrogens (tertiary/aromatic N) is 1. The Morgan fingerprint density at radius 2 is 1.76 bits per heavy atom. The van der Waals surface area contributed by atoms with Crippen LogP contribution in [0.1, 0.15) is 20.8 Å². The van der Waals surface area contributed by atoms with Crippen LogP contribution in [0.3, 0.4) is 0 Å². The number of ether oxygens (including phenoxy) is 1. The van der Waals surface area contributed by atoms with E-state index in [1.165, 1.54) is 0 Å². The molecule has 0 amide bonds. The highest BCUT2D eigenvalue weighted by atomic mass is 79.9. The lowest BCUT2D eigenvalue weighted by atomic mass is 9.96. The Morgan fingerprint density at radius 3 is 2.29 bits per heavy atom. The highest BCUT2D eigenvalue weighted by molar-refractivity contribution is 9.10. The molecular weight excluding hydrogens is 278 g/mol. The Kier molecular flexibility index (Phi) is 5.47. The van der Waals surface area contributed by atoms with Gasteiger partial charge in [-0.1, -0.05) is 36.7 Å². The quantitative estimate of drug-likeness (QED) is 0.820. The van der Waals surface area contributed by atoms with Gasteiger partial charge in [0.2, 0.25) is 0 Å². The van der Waals surface area contributed by atoms with E-state index in [0.29, 0.717) is 5.41 Å². The molecule has 1 aromatic rings. The summed E-state index contributed by atoms with van der Waals surface area (Å²) in [6.07, 6.45) is 0. The second kappa shape index (κ2) is 6.41. The van der Waals surface area contributed by atoms with Crippen LogP contribution in [0.2, 0.25) is 0 Å². The number of halogens is 1. The first-order valence-electron chi connectivity index (χ1n) is 5.94. The van der Waals surface area contributed by atoms with Crippen LogP contribution in [0.4, 0.5) is 0 Å². The van der Waals surface area contributed by atoms with Gasteiger partial charge in [0.15, 0.2) is 0 Å². The van der Waals surface area contributed by atoms with Crippen LogP contribution in [0.15, 0.2) is 28.7 Å². The first-order valence-corrected chi connectivity index (χ1v) is 6.73. The highest BCUT2D eigenvalue weighted by Crippen LogP contribution is 2.16. The molecule has 1 rings (SSSR count). The lowest BCUT2D eigenvalue weighted by Crippen LogP contribution is -2.32. The molecule has 0 aliphatic carbocycles. The van der Waals surface area contributed by atoms with E-state index < -0.39 is 0 Å². The van der Waals surface area contributed by atoms with Crippen LogP contribution in [-0.2, 0) is 0 Å². The Balaban J connectivity index is 2.26. The molecule has 17 heavy (non-hydrogen) atoms. The Bertz CT molecular complexity index is 329. The monoisotopic (exact) mass is 299 g/mol. The van der Waals surface area contributed by atoms with Crippen LogP contribution < -0.4 is 4.74 Å². The van der Waals surface area contributed by atoms with Crippen molar-refractivity contribution in [3.05, 3.63) is 28.7 Å². The van der Waals surface area contributed by atoms with Crippen LogP contribution in [0.5, 0.6) is 5.75 Å². The summed E-state index contributed by atoms with van der Waals surface area (Å²) in [6.45, 7) is 9.51. The zero-order valence-electron chi connectivity index (χ0n) is 11.2. The predicted molar refractivity (Wildman–Crippen MR) is 76.6 cm³/mol. The molecule has 96 valence electrons. The van der Waals surface area contributed by atoms with Gasteiger partial charge in [0, 0.05) is 17.6 Å². The molecule has 0 aliphatic rings. The van der Waals surface area contributed by atoms with Gasteiger partial charge in [-0.2, -0.15) is 0 Å². The molecule has 0 atom stereocenters. The molecular formula is C14H22BrNO. The average Bonchev–Trinajstić information content (AvgIpc) is 2.18. The van der Waals surface area contributed by atoms with E-state index in [1.807, 2.05) is 24.3 Å². The van der Waals surface area contributed by atoms with Gasteiger partial charge < -0.3 is 9.64 Å². The molecule has 3 heteroatoms. The van der Waals surface area contributed by atoms with Crippen molar-refractivity contribution in [1.82, 2.24) is 4.90 Å². The fourth-order valence-electron chi connectivity index (χ4n) is 1.74. The van der Waals surface area contributed by atoms with E-state index in [9.17, 15) is 0 Å². The third-order valence-electron chi connectivity index (χ3n) is 2.30. The minimum Gasteiger partial charge on any atom is -0.492 e. The van der Waals surface area contributed by atoms with Gasteiger partial charge in [-0.15, -0.1) is 0 Å². The number of benzene rings is 1. The van der Waals surface area contributed by atoms with E-state index in [2.05, 4.69) is 48.6 Å². The number of likely N-dealkylation sites (N-methyl/N-ethyl adjacent to an activating group) is 1. The van der Waals surface area contributed by atoms with Gasteiger partial charge >= 0.3 is 0 Å². The standard InChI is InChI=1S/C14H22BrNO/c1-14(2,3)11-16(4)9-10-17-13-7-5-12(15)6-8-13/h5-8H,9-11H2,1-4H3. The average molecular weight is 300 g/mol. The summed E-state index contributed by atoms with van der Waals surface area (Å²) in [5, 5.41) is 0. The number of rotatable bonds is 5. The lowest BCUT2D eigenvalue weighted by Gasteiger charge is -2.26. The second-order valence-corrected chi connectivity index (χ2v) is 6.52. The van der Waals surface area contributed by atoms with Gasteiger partial charge in [0.05, 0.1) is 0 Å². The molecule has 0 aromatic heterocycles. The van der Waals surface area contributed by atoms with Crippen LogP contribution in [-0.4, -0.2) is 31.6 Å². The number of hydrogen-bond donors (Lipinski definition) is 0. The molecule has 0 unspecified atom stereocenters. The molecule has 0 N–H and O–H groups in total. The second-order valence-electron chi connectivity index (χ2n) is 5.60. The maximum Gasteiger partial charge on any atom is 0.119 e. The summed E-state index contributed by atoms with van der Waals surface area (Å²) in [4.78, 5) is 2.30. The fraction of sp³-hybridized carbons (Fsp3) is 0.571. The summed E-state index contributed by atoms with van der Waals surface area (Å²) in [5.41, 5.74) is 0.340. The smallest absolute Gasteiger partial charge is 0.119 e. The first-order chi connectivity index (χ1) is 7.87. The van der Waals surface area contributed by atoms with Crippen molar-refractivity contribution in [1.29, 1.82) is 0 Å². The fourth-order valence-corrected chi connectivity index (χ4v) is 2.00. The molecule has 0 fully saturated rings. The van der Waals surface area contributed by atoms with Gasteiger partial charge in [-0.25, -0.2) is 0 Å².